The molecule has 0 atom stereocenters. The van der Waals surface area contributed by atoms with Gasteiger partial charge in [0, 0.05) is 63.2 Å². The molecule has 0 bridgehead atoms. The van der Waals surface area contributed by atoms with Gasteiger partial charge in [-0.1, -0.05) is 12.1 Å². The van der Waals surface area contributed by atoms with Crippen LogP contribution in [0.5, 0.6) is 0 Å². The van der Waals surface area contributed by atoms with Crippen LogP contribution in [0.3, 0.4) is 0 Å². The maximum atomic E-state index is 12.8. The molecule has 2 saturated heterocycles. The Morgan fingerprint density at radius 2 is 1.83 bits per heavy atom. The molecule has 2 fully saturated rings. The third kappa shape index (κ3) is 4.74. The molecule has 1 amide bonds. The van der Waals surface area contributed by atoms with Crippen LogP contribution in [0.1, 0.15) is 28.9 Å². The second-order valence-electron chi connectivity index (χ2n) is 7.83. The average molecular weight is 449 g/mol. The van der Waals surface area contributed by atoms with Gasteiger partial charge >= 0.3 is 0 Å². The highest BCUT2D eigenvalue weighted by Gasteiger charge is 2.29. The molecule has 0 radical (unpaired) electrons. The summed E-state index contributed by atoms with van der Waals surface area (Å²) in [6, 6.07) is 9.33. The van der Waals surface area contributed by atoms with Gasteiger partial charge in [-0.15, -0.1) is 0 Å². The SMILES string of the molecule is Cn1cc(S(=O)(=O)N2CCCC2)cc1C(=O)Nc1cccc(CN2CCSCC2)c1. The number of anilines is 1. The number of nitrogens with one attached hydrogen (secondary N) is 1. The van der Waals surface area contributed by atoms with Crippen molar-refractivity contribution < 1.29 is 13.2 Å². The normalized spacial score (nSPS) is 18.6. The van der Waals surface area contributed by atoms with E-state index in [0.29, 0.717) is 24.5 Å². The lowest BCUT2D eigenvalue weighted by Crippen LogP contribution is -2.31. The van der Waals surface area contributed by atoms with Gasteiger partial charge in [0.05, 0.1) is 0 Å². The quantitative estimate of drug-likeness (QED) is 0.735. The fourth-order valence-corrected chi connectivity index (χ4v) is 6.51. The predicted octanol–water partition coefficient (Wildman–Crippen LogP) is 2.61. The Hall–Kier alpha value is -1.81. The summed E-state index contributed by atoms with van der Waals surface area (Å²) in [4.78, 5) is 15.4. The van der Waals surface area contributed by atoms with Crippen LogP contribution in [0.25, 0.3) is 0 Å². The Labute approximate surface area is 182 Å². The second-order valence-corrected chi connectivity index (χ2v) is 11.0. The van der Waals surface area contributed by atoms with Crippen molar-refractivity contribution in [1.29, 1.82) is 0 Å². The first kappa shape index (κ1) is 21.4. The highest BCUT2D eigenvalue weighted by Crippen LogP contribution is 2.23. The molecule has 1 aromatic heterocycles. The Morgan fingerprint density at radius 1 is 1.10 bits per heavy atom. The standard InChI is InChI=1S/C21H28N4O3S2/c1-23-16-19(30(27,28)25-7-2-3-8-25)14-20(23)21(26)22-18-6-4-5-17(13-18)15-24-9-11-29-12-10-24/h4-6,13-14,16H,2-3,7-12,15H2,1H3,(H,22,26). The van der Waals surface area contributed by atoms with Gasteiger partial charge < -0.3 is 9.88 Å². The summed E-state index contributed by atoms with van der Waals surface area (Å²) >= 11 is 1.98. The van der Waals surface area contributed by atoms with Gasteiger partial charge in [-0.05, 0) is 36.6 Å². The van der Waals surface area contributed by atoms with Crippen molar-refractivity contribution in [2.45, 2.75) is 24.3 Å². The zero-order valence-corrected chi connectivity index (χ0v) is 18.8. The van der Waals surface area contributed by atoms with E-state index in [9.17, 15) is 13.2 Å². The highest BCUT2D eigenvalue weighted by atomic mass is 32.2. The van der Waals surface area contributed by atoms with E-state index in [4.69, 9.17) is 0 Å². The summed E-state index contributed by atoms with van der Waals surface area (Å²) in [5.74, 6) is 2.01. The van der Waals surface area contributed by atoms with E-state index in [2.05, 4.69) is 16.3 Å². The first-order chi connectivity index (χ1) is 14.4. The predicted molar refractivity (Wildman–Crippen MR) is 120 cm³/mol. The molecule has 0 unspecified atom stereocenters. The van der Waals surface area contributed by atoms with Gasteiger partial charge in [0.25, 0.3) is 5.91 Å². The van der Waals surface area contributed by atoms with E-state index in [0.717, 1.165) is 49.5 Å². The summed E-state index contributed by atoms with van der Waals surface area (Å²) in [7, 11) is -1.85. The molecule has 0 spiro atoms. The van der Waals surface area contributed by atoms with Crippen LogP contribution in [-0.2, 0) is 23.6 Å². The van der Waals surface area contributed by atoms with Gasteiger partial charge in [0.1, 0.15) is 10.6 Å². The van der Waals surface area contributed by atoms with Crippen molar-refractivity contribution in [3.05, 3.63) is 47.8 Å². The Balaban J connectivity index is 1.46. The van der Waals surface area contributed by atoms with Crippen molar-refractivity contribution in [3.63, 3.8) is 0 Å². The molecule has 4 rings (SSSR count). The highest BCUT2D eigenvalue weighted by molar-refractivity contribution is 7.99. The maximum absolute atomic E-state index is 12.8. The zero-order valence-electron chi connectivity index (χ0n) is 17.2. The van der Waals surface area contributed by atoms with Crippen molar-refractivity contribution in [2.24, 2.45) is 7.05 Å². The van der Waals surface area contributed by atoms with Crippen LogP contribution in [0.2, 0.25) is 0 Å². The number of nitrogens with zero attached hydrogens (tertiary/aromatic N) is 3. The van der Waals surface area contributed by atoms with Crippen molar-refractivity contribution in [2.75, 3.05) is 43.0 Å². The Kier molecular flexibility index (Phi) is 6.52. The summed E-state index contributed by atoms with van der Waals surface area (Å²) in [6.45, 7) is 4.12. The lowest BCUT2D eigenvalue weighted by Gasteiger charge is -2.26. The molecular weight excluding hydrogens is 420 g/mol. The summed E-state index contributed by atoms with van der Waals surface area (Å²) < 4.78 is 28.6. The smallest absolute Gasteiger partial charge is 0.272 e. The topological polar surface area (TPSA) is 74.6 Å². The van der Waals surface area contributed by atoms with Crippen molar-refractivity contribution >= 4 is 33.4 Å². The number of amides is 1. The minimum Gasteiger partial charge on any atom is -0.345 e. The van der Waals surface area contributed by atoms with E-state index >= 15 is 0 Å². The summed E-state index contributed by atoms with van der Waals surface area (Å²) in [6.07, 6.45) is 3.28. The molecule has 3 heterocycles. The van der Waals surface area contributed by atoms with E-state index in [-0.39, 0.29) is 10.8 Å². The van der Waals surface area contributed by atoms with Crippen LogP contribution in [0.4, 0.5) is 5.69 Å². The molecule has 1 aromatic carbocycles. The third-order valence-electron chi connectivity index (χ3n) is 5.61. The number of sulfonamides is 1. The molecule has 1 N–H and O–H groups in total. The number of carbonyl (C=O) groups excluding carboxylic acids is 1. The lowest BCUT2D eigenvalue weighted by molar-refractivity contribution is 0.101. The van der Waals surface area contributed by atoms with Crippen molar-refractivity contribution in [1.82, 2.24) is 13.8 Å². The fraction of sp³-hybridized carbons (Fsp3) is 0.476. The monoisotopic (exact) mass is 448 g/mol. The van der Waals surface area contributed by atoms with Gasteiger partial charge in [0.2, 0.25) is 10.0 Å². The fourth-order valence-electron chi connectivity index (χ4n) is 3.94. The van der Waals surface area contributed by atoms with E-state index in [1.54, 1.807) is 11.6 Å². The number of rotatable bonds is 6. The lowest BCUT2D eigenvalue weighted by atomic mass is 10.2. The van der Waals surface area contributed by atoms with Gasteiger partial charge in [-0.2, -0.15) is 16.1 Å². The molecule has 162 valence electrons. The molecule has 0 aliphatic carbocycles. The first-order valence-electron chi connectivity index (χ1n) is 10.3. The zero-order chi connectivity index (χ0) is 21.1. The number of carbonyl (C=O) groups is 1. The molecular formula is C21H28N4O3S2. The van der Waals surface area contributed by atoms with Gasteiger partial charge in [-0.3, -0.25) is 9.69 Å². The van der Waals surface area contributed by atoms with Crippen LogP contribution >= 0.6 is 11.8 Å². The summed E-state index contributed by atoms with van der Waals surface area (Å²) in [5.41, 5.74) is 2.20. The largest absolute Gasteiger partial charge is 0.345 e. The number of thioether (sulfide) groups is 1. The number of aryl methyl sites for hydroxylation is 1. The van der Waals surface area contributed by atoms with Crippen LogP contribution in [0, 0.1) is 0 Å². The van der Waals surface area contributed by atoms with E-state index in [1.165, 1.54) is 16.6 Å². The average Bonchev–Trinajstić information content (AvgIpc) is 3.40. The first-order valence-corrected chi connectivity index (χ1v) is 12.9. The molecule has 2 aliphatic rings. The number of hydrogen-bond donors (Lipinski definition) is 1. The minimum absolute atomic E-state index is 0.175. The Morgan fingerprint density at radius 3 is 2.57 bits per heavy atom. The van der Waals surface area contributed by atoms with E-state index < -0.39 is 10.0 Å². The molecule has 2 aromatic rings. The Bertz CT molecular complexity index is 1010. The van der Waals surface area contributed by atoms with Gasteiger partial charge in [0.15, 0.2) is 0 Å². The molecule has 0 saturated carbocycles. The minimum atomic E-state index is -3.54. The second kappa shape index (κ2) is 9.13. The van der Waals surface area contributed by atoms with Crippen molar-refractivity contribution in [3.8, 4) is 0 Å². The maximum Gasteiger partial charge on any atom is 0.272 e. The molecule has 30 heavy (non-hydrogen) atoms. The molecule has 7 nitrogen and oxygen atoms in total. The molecule has 9 heteroatoms. The number of benzene rings is 1. The molecule has 2 aliphatic heterocycles. The van der Waals surface area contributed by atoms with Crippen LogP contribution in [0.15, 0.2) is 41.4 Å². The number of aromatic nitrogens is 1. The third-order valence-corrected chi connectivity index (χ3v) is 8.42. The van der Waals surface area contributed by atoms with Crippen LogP contribution < -0.4 is 5.32 Å². The van der Waals surface area contributed by atoms with Crippen LogP contribution in [-0.4, -0.2) is 65.8 Å². The van der Waals surface area contributed by atoms with Gasteiger partial charge in [-0.25, -0.2) is 8.42 Å². The number of hydrogen-bond acceptors (Lipinski definition) is 5. The summed E-state index contributed by atoms with van der Waals surface area (Å²) in [5, 5.41) is 2.92. The van der Waals surface area contributed by atoms with E-state index in [1.807, 2.05) is 30.0 Å².